The number of sulfonamides is 1. The molecule has 1 aliphatic carbocycles. The highest BCUT2D eigenvalue weighted by Gasteiger charge is 2.32. The predicted octanol–water partition coefficient (Wildman–Crippen LogP) is 3.33. The largest absolute Gasteiger partial charge is 0.371 e. The highest BCUT2D eigenvalue weighted by Crippen LogP contribution is 2.29. The number of hydrogen-bond acceptors (Lipinski definition) is 3. The summed E-state index contributed by atoms with van der Waals surface area (Å²) in [6.45, 7) is 1.19. The van der Waals surface area contributed by atoms with E-state index in [1.807, 2.05) is 42.5 Å². The van der Waals surface area contributed by atoms with Gasteiger partial charge in [-0.25, -0.2) is 8.42 Å². The van der Waals surface area contributed by atoms with Crippen LogP contribution < -0.4 is 0 Å². The van der Waals surface area contributed by atoms with Crippen molar-refractivity contribution >= 4 is 10.0 Å². The quantitative estimate of drug-likeness (QED) is 0.846. The molecule has 1 aliphatic heterocycles. The van der Waals surface area contributed by atoms with Crippen molar-refractivity contribution in [2.24, 2.45) is 0 Å². The number of benzene rings is 2. The number of ether oxygens (including phenoxy) is 1. The van der Waals surface area contributed by atoms with Crippen molar-refractivity contribution in [3.8, 4) is 0 Å². The molecule has 1 heterocycles. The van der Waals surface area contributed by atoms with Crippen LogP contribution in [0.2, 0.25) is 0 Å². The number of fused-ring (bicyclic) bond motifs is 1. The molecule has 0 N–H and O–H groups in total. The first-order chi connectivity index (χ1) is 12.1. The number of hydrogen-bond donors (Lipinski definition) is 0. The second-order valence-electron chi connectivity index (χ2n) is 6.77. The predicted molar refractivity (Wildman–Crippen MR) is 97.0 cm³/mol. The Bertz CT molecular complexity index is 848. The highest BCUT2D eigenvalue weighted by atomic mass is 32.2. The van der Waals surface area contributed by atoms with Crippen molar-refractivity contribution in [3.63, 3.8) is 0 Å². The van der Waals surface area contributed by atoms with Gasteiger partial charge in [-0.15, -0.1) is 0 Å². The molecule has 0 radical (unpaired) electrons. The van der Waals surface area contributed by atoms with Crippen LogP contribution in [0.5, 0.6) is 0 Å². The Morgan fingerprint density at radius 1 is 0.960 bits per heavy atom. The van der Waals surface area contributed by atoms with Crippen LogP contribution in [0.4, 0.5) is 0 Å². The van der Waals surface area contributed by atoms with E-state index in [1.54, 1.807) is 10.4 Å². The zero-order chi connectivity index (χ0) is 17.3. The van der Waals surface area contributed by atoms with Crippen LogP contribution in [0.1, 0.15) is 35.6 Å². The van der Waals surface area contributed by atoms with Crippen LogP contribution in [0.3, 0.4) is 0 Å². The first-order valence-corrected chi connectivity index (χ1v) is 10.4. The van der Waals surface area contributed by atoms with E-state index in [-0.39, 0.29) is 6.10 Å². The zero-order valence-electron chi connectivity index (χ0n) is 14.2. The third-order valence-corrected chi connectivity index (χ3v) is 7.02. The van der Waals surface area contributed by atoms with Crippen molar-refractivity contribution in [2.45, 2.75) is 36.7 Å². The maximum absolute atomic E-state index is 13.1. The molecule has 0 saturated carbocycles. The summed E-state index contributed by atoms with van der Waals surface area (Å²) in [4.78, 5) is 0.418. The third-order valence-electron chi connectivity index (χ3n) is 5.16. The summed E-state index contributed by atoms with van der Waals surface area (Å²) < 4.78 is 33.6. The van der Waals surface area contributed by atoms with Gasteiger partial charge in [0.25, 0.3) is 0 Å². The van der Waals surface area contributed by atoms with Gasteiger partial charge in [0.05, 0.1) is 17.6 Å². The first-order valence-electron chi connectivity index (χ1n) is 8.93. The molecule has 4 rings (SSSR count). The molecule has 0 aromatic heterocycles. The Hall–Kier alpha value is -1.69. The van der Waals surface area contributed by atoms with Gasteiger partial charge in [0, 0.05) is 13.1 Å². The molecular weight excluding hydrogens is 334 g/mol. The minimum absolute atomic E-state index is 0.206. The second kappa shape index (κ2) is 6.90. The van der Waals surface area contributed by atoms with Crippen molar-refractivity contribution in [1.82, 2.24) is 4.31 Å². The Kier molecular flexibility index (Phi) is 4.63. The molecule has 1 atom stereocenters. The Morgan fingerprint density at radius 2 is 1.72 bits per heavy atom. The smallest absolute Gasteiger partial charge is 0.243 e. The van der Waals surface area contributed by atoms with Crippen LogP contribution in [0.15, 0.2) is 53.4 Å². The van der Waals surface area contributed by atoms with Crippen LogP contribution in [0, 0.1) is 0 Å². The molecule has 5 heteroatoms. The SMILES string of the molecule is O=S(=O)(c1ccc2c(c1)CCCC2)N1CCO[C@@H](c2ccccc2)C1. The Labute approximate surface area is 149 Å². The van der Waals surface area contributed by atoms with Gasteiger partial charge < -0.3 is 4.74 Å². The van der Waals surface area contributed by atoms with Crippen molar-refractivity contribution in [2.75, 3.05) is 19.7 Å². The van der Waals surface area contributed by atoms with E-state index >= 15 is 0 Å². The van der Waals surface area contributed by atoms with E-state index in [4.69, 9.17) is 4.74 Å². The lowest BCUT2D eigenvalue weighted by molar-refractivity contribution is -0.00255. The van der Waals surface area contributed by atoms with Crippen LogP contribution in [-0.2, 0) is 27.6 Å². The number of morpholine rings is 1. The van der Waals surface area contributed by atoms with Gasteiger partial charge in [0.15, 0.2) is 0 Å². The molecule has 4 nitrogen and oxygen atoms in total. The fourth-order valence-corrected chi connectivity index (χ4v) is 5.21. The lowest BCUT2D eigenvalue weighted by Gasteiger charge is -2.32. The lowest BCUT2D eigenvalue weighted by atomic mass is 9.92. The van der Waals surface area contributed by atoms with Gasteiger partial charge in [-0.3, -0.25) is 0 Å². The van der Waals surface area contributed by atoms with Gasteiger partial charge in [-0.05, 0) is 54.5 Å². The van der Waals surface area contributed by atoms with E-state index in [2.05, 4.69) is 0 Å². The summed E-state index contributed by atoms with van der Waals surface area (Å²) in [5.41, 5.74) is 3.52. The Balaban J connectivity index is 1.59. The average molecular weight is 357 g/mol. The summed E-state index contributed by atoms with van der Waals surface area (Å²) in [5.74, 6) is 0. The molecule has 1 fully saturated rings. The summed E-state index contributed by atoms with van der Waals surface area (Å²) in [7, 11) is -3.48. The topological polar surface area (TPSA) is 46.6 Å². The number of nitrogens with zero attached hydrogens (tertiary/aromatic N) is 1. The maximum atomic E-state index is 13.1. The Morgan fingerprint density at radius 3 is 2.52 bits per heavy atom. The highest BCUT2D eigenvalue weighted by molar-refractivity contribution is 7.89. The van der Waals surface area contributed by atoms with Crippen LogP contribution in [-0.4, -0.2) is 32.4 Å². The maximum Gasteiger partial charge on any atom is 0.243 e. The molecule has 0 bridgehead atoms. The van der Waals surface area contributed by atoms with Crippen molar-refractivity contribution < 1.29 is 13.2 Å². The molecule has 25 heavy (non-hydrogen) atoms. The van der Waals surface area contributed by atoms with Crippen molar-refractivity contribution in [3.05, 3.63) is 65.2 Å². The average Bonchev–Trinajstić information content (AvgIpc) is 2.68. The molecule has 1 saturated heterocycles. The van der Waals surface area contributed by atoms with Crippen molar-refractivity contribution in [1.29, 1.82) is 0 Å². The molecule has 2 aromatic carbocycles. The summed E-state index contributed by atoms with van der Waals surface area (Å²) >= 11 is 0. The molecule has 0 amide bonds. The van der Waals surface area contributed by atoms with E-state index in [9.17, 15) is 8.42 Å². The summed E-state index contributed by atoms with van der Waals surface area (Å²) in [5, 5.41) is 0. The third kappa shape index (κ3) is 3.36. The minimum atomic E-state index is -3.48. The zero-order valence-corrected chi connectivity index (χ0v) is 15.0. The first kappa shape index (κ1) is 16.8. The second-order valence-corrected chi connectivity index (χ2v) is 8.71. The van der Waals surface area contributed by atoms with E-state index < -0.39 is 10.0 Å². The molecular formula is C20H23NO3S. The number of rotatable bonds is 3. The van der Waals surface area contributed by atoms with Gasteiger partial charge in [-0.1, -0.05) is 36.4 Å². The number of aryl methyl sites for hydroxylation is 2. The summed E-state index contributed by atoms with van der Waals surface area (Å²) in [6, 6.07) is 15.5. The van der Waals surface area contributed by atoms with Crippen LogP contribution >= 0.6 is 0 Å². The van der Waals surface area contributed by atoms with Gasteiger partial charge in [-0.2, -0.15) is 4.31 Å². The monoisotopic (exact) mass is 357 g/mol. The molecule has 132 valence electrons. The fraction of sp³-hybridized carbons (Fsp3) is 0.400. The molecule has 2 aromatic rings. The van der Waals surface area contributed by atoms with Gasteiger partial charge >= 0.3 is 0 Å². The van der Waals surface area contributed by atoms with Gasteiger partial charge in [0.2, 0.25) is 10.0 Å². The molecule has 2 aliphatic rings. The lowest BCUT2D eigenvalue weighted by Crippen LogP contribution is -2.42. The van der Waals surface area contributed by atoms with E-state index in [1.165, 1.54) is 17.5 Å². The fourth-order valence-electron chi connectivity index (χ4n) is 3.73. The standard InChI is InChI=1S/C20H23NO3S/c22-25(23,19-11-10-16-6-4-5-9-18(16)14-19)21-12-13-24-20(15-21)17-7-2-1-3-8-17/h1-3,7-8,10-11,14,20H,4-6,9,12-13,15H2/t20-/m1/s1. The van der Waals surface area contributed by atoms with E-state index in [0.717, 1.165) is 24.8 Å². The molecule has 0 unspecified atom stereocenters. The van der Waals surface area contributed by atoms with Gasteiger partial charge in [0.1, 0.15) is 0 Å². The van der Waals surface area contributed by atoms with E-state index in [0.29, 0.717) is 24.6 Å². The minimum Gasteiger partial charge on any atom is -0.371 e. The molecule has 0 spiro atoms. The summed E-state index contributed by atoms with van der Waals surface area (Å²) in [6.07, 6.45) is 4.17. The van der Waals surface area contributed by atoms with Crippen LogP contribution in [0.25, 0.3) is 0 Å². The normalized spacial score (nSPS) is 21.7.